The molecule has 0 amide bonds. The van der Waals surface area contributed by atoms with Crippen molar-refractivity contribution in [2.24, 2.45) is 4.99 Å². The molecule has 8 nitrogen and oxygen atoms in total. The van der Waals surface area contributed by atoms with Gasteiger partial charge in [-0.2, -0.15) is 0 Å². The average Bonchev–Trinajstić information content (AvgIpc) is 3.46. The highest BCUT2D eigenvalue weighted by molar-refractivity contribution is 5.79. The molecule has 2 saturated heterocycles. The van der Waals surface area contributed by atoms with Gasteiger partial charge < -0.3 is 29.3 Å². The van der Waals surface area contributed by atoms with Gasteiger partial charge in [0.25, 0.3) is 0 Å². The normalized spacial score (nSPS) is 24.5. The van der Waals surface area contributed by atoms with Crippen molar-refractivity contribution in [2.45, 2.75) is 56.8 Å². The van der Waals surface area contributed by atoms with E-state index in [-0.39, 0.29) is 11.9 Å². The number of morpholine rings is 1. The highest BCUT2D eigenvalue weighted by atomic mass is 16.7. The highest BCUT2D eigenvalue weighted by Crippen LogP contribution is 2.37. The molecular formula is C23H38N4O4. The zero-order chi connectivity index (χ0) is 21.2. The Kier molecular flexibility index (Phi) is 8.63. The third kappa shape index (κ3) is 7.20. The van der Waals surface area contributed by atoms with Gasteiger partial charge in [-0.1, -0.05) is 6.42 Å². The van der Waals surface area contributed by atoms with Gasteiger partial charge in [0, 0.05) is 45.4 Å². The molecule has 4 rings (SSSR count). The first-order chi connectivity index (χ1) is 15.3. The lowest BCUT2D eigenvalue weighted by Crippen LogP contribution is -2.41. The van der Waals surface area contributed by atoms with Gasteiger partial charge in [-0.25, -0.2) is 0 Å². The molecule has 3 heterocycles. The number of guanidine groups is 1. The Morgan fingerprint density at radius 3 is 2.77 bits per heavy atom. The maximum absolute atomic E-state index is 6.29. The Morgan fingerprint density at radius 2 is 1.97 bits per heavy atom. The first-order valence-electron chi connectivity index (χ1n) is 12.0. The molecule has 1 atom stereocenters. The Hall–Kier alpha value is -1.61. The summed E-state index contributed by atoms with van der Waals surface area (Å²) in [6.45, 7) is 7.75. The zero-order valence-electron chi connectivity index (χ0n) is 18.7. The van der Waals surface area contributed by atoms with Crippen molar-refractivity contribution in [3.8, 4) is 0 Å². The van der Waals surface area contributed by atoms with Crippen LogP contribution in [-0.4, -0.2) is 81.8 Å². The van der Waals surface area contributed by atoms with E-state index in [4.69, 9.17) is 23.6 Å². The van der Waals surface area contributed by atoms with E-state index in [9.17, 15) is 0 Å². The topological polar surface area (TPSA) is 80.5 Å². The van der Waals surface area contributed by atoms with Crippen LogP contribution >= 0.6 is 0 Å². The van der Waals surface area contributed by atoms with Crippen LogP contribution in [0.1, 0.15) is 44.3 Å². The molecule has 2 aliphatic heterocycles. The Balaban J connectivity index is 1.22. The lowest BCUT2D eigenvalue weighted by atomic mass is 9.94. The molecule has 8 heteroatoms. The number of rotatable bonds is 9. The molecule has 2 N–H and O–H groups in total. The summed E-state index contributed by atoms with van der Waals surface area (Å²) in [6.07, 6.45) is 9.36. The van der Waals surface area contributed by atoms with Gasteiger partial charge in [0.05, 0.1) is 32.6 Å². The van der Waals surface area contributed by atoms with Gasteiger partial charge in [0.15, 0.2) is 11.7 Å². The third-order valence-electron chi connectivity index (χ3n) is 6.27. The number of hydrogen-bond acceptors (Lipinski definition) is 6. The van der Waals surface area contributed by atoms with Gasteiger partial charge in [-0.05, 0) is 37.9 Å². The minimum Gasteiger partial charge on any atom is -0.469 e. The predicted octanol–water partition coefficient (Wildman–Crippen LogP) is 2.16. The summed E-state index contributed by atoms with van der Waals surface area (Å²) in [4.78, 5) is 7.27. The Labute approximate surface area is 185 Å². The first kappa shape index (κ1) is 22.6. The van der Waals surface area contributed by atoms with Crippen LogP contribution < -0.4 is 10.6 Å². The molecule has 1 aromatic rings. The van der Waals surface area contributed by atoms with Crippen molar-refractivity contribution in [3.05, 3.63) is 24.2 Å². The molecule has 174 valence electrons. The summed E-state index contributed by atoms with van der Waals surface area (Å²) in [6, 6.07) is 3.92. The molecule has 1 saturated carbocycles. The smallest absolute Gasteiger partial charge is 0.191 e. The minimum atomic E-state index is -0.336. The van der Waals surface area contributed by atoms with Crippen molar-refractivity contribution >= 4 is 5.96 Å². The first-order valence-corrected chi connectivity index (χ1v) is 12.0. The van der Waals surface area contributed by atoms with Crippen LogP contribution in [0.25, 0.3) is 0 Å². The van der Waals surface area contributed by atoms with Crippen molar-refractivity contribution in [1.29, 1.82) is 0 Å². The average molecular weight is 435 g/mol. The SMILES string of the molecule is c1coc(CCNC(=NCC2COC3(CCCCC3)O2)NCCCN2CCOCC2)c1. The number of nitrogens with one attached hydrogen (secondary N) is 2. The standard InChI is InChI=1S/C23H38N4O4/c1-2-8-23(9-3-1)30-19-21(31-23)18-26-22(25-11-7-20-6-4-15-29-20)24-10-5-12-27-13-16-28-17-14-27/h4,6,15,21H,1-3,5,7-14,16-19H2,(H2,24,25,26). The van der Waals surface area contributed by atoms with E-state index in [1.165, 1.54) is 19.3 Å². The Morgan fingerprint density at radius 1 is 1.13 bits per heavy atom. The number of aliphatic imine (C=N–C) groups is 1. The second-order valence-electron chi connectivity index (χ2n) is 8.70. The number of furan rings is 1. The molecule has 1 unspecified atom stereocenters. The monoisotopic (exact) mass is 434 g/mol. The summed E-state index contributed by atoms with van der Waals surface area (Å²) < 4.78 is 23.2. The predicted molar refractivity (Wildman–Crippen MR) is 119 cm³/mol. The summed E-state index contributed by atoms with van der Waals surface area (Å²) >= 11 is 0. The van der Waals surface area contributed by atoms with E-state index < -0.39 is 0 Å². The number of hydrogen-bond donors (Lipinski definition) is 2. The minimum absolute atomic E-state index is 0.0372. The maximum atomic E-state index is 6.29. The fourth-order valence-electron chi connectivity index (χ4n) is 4.52. The molecule has 3 aliphatic rings. The second-order valence-corrected chi connectivity index (χ2v) is 8.70. The van der Waals surface area contributed by atoms with E-state index in [1.807, 2.05) is 12.1 Å². The molecule has 31 heavy (non-hydrogen) atoms. The van der Waals surface area contributed by atoms with Crippen LogP contribution in [0.15, 0.2) is 27.8 Å². The van der Waals surface area contributed by atoms with Crippen molar-refractivity contribution in [3.63, 3.8) is 0 Å². The van der Waals surface area contributed by atoms with Crippen molar-refractivity contribution in [2.75, 3.05) is 59.1 Å². The van der Waals surface area contributed by atoms with E-state index in [0.29, 0.717) is 13.2 Å². The third-order valence-corrected chi connectivity index (χ3v) is 6.27. The lowest BCUT2D eigenvalue weighted by Gasteiger charge is -2.31. The fraction of sp³-hybridized carbons (Fsp3) is 0.783. The van der Waals surface area contributed by atoms with Crippen LogP contribution in [0.2, 0.25) is 0 Å². The summed E-state index contributed by atoms with van der Waals surface area (Å²) in [5.41, 5.74) is 0. The molecule has 0 bridgehead atoms. The highest BCUT2D eigenvalue weighted by Gasteiger charge is 2.42. The molecule has 1 aromatic heterocycles. The van der Waals surface area contributed by atoms with Crippen LogP contribution in [0, 0.1) is 0 Å². The maximum Gasteiger partial charge on any atom is 0.191 e. The van der Waals surface area contributed by atoms with E-state index in [2.05, 4.69) is 15.5 Å². The second kappa shape index (κ2) is 11.9. The van der Waals surface area contributed by atoms with E-state index in [1.54, 1.807) is 6.26 Å². The summed E-state index contributed by atoms with van der Waals surface area (Å²) in [5.74, 6) is 1.48. The molecule has 3 fully saturated rings. The van der Waals surface area contributed by atoms with Gasteiger partial charge >= 0.3 is 0 Å². The zero-order valence-corrected chi connectivity index (χ0v) is 18.7. The quantitative estimate of drug-likeness (QED) is 0.350. The van der Waals surface area contributed by atoms with Crippen LogP contribution in [0.4, 0.5) is 0 Å². The lowest BCUT2D eigenvalue weighted by molar-refractivity contribution is -0.186. The van der Waals surface area contributed by atoms with E-state index >= 15 is 0 Å². The van der Waals surface area contributed by atoms with Crippen molar-refractivity contribution in [1.82, 2.24) is 15.5 Å². The van der Waals surface area contributed by atoms with Gasteiger partial charge in [0.1, 0.15) is 11.9 Å². The van der Waals surface area contributed by atoms with E-state index in [0.717, 1.165) is 83.3 Å². The Bertz CT molecular complexity index is 655. The van der Waals surface area contributed by atoms with Crippen LogP contribution in [-0.2, 0) is 20.6 Å². The molecular weight excluding hydrogens is 396 g/mol. The largest absolute Gasteiger partial charge is 0.469 e. The number of ether oxygens (including phenoxy) is 3. The molecule has 1 aliphatic carbocycles. The van der Waals surface area contributed by atoms with Gasteiger partial charge in [0.2, 0.25) is 0 Å². The summed E-state index contributed by atoms with van der Waals surface area (Å²) in [7, 11) is 0. The van der Waals surface area contributed by atoms with Crippen LogP contribution in [0.3, 0.4) is 0 Å². The summed E-state index contributed by atoms with van der Waals surface area (Å²) in [5, 5.41) is 6.93. The van der Waals surface area contributed by atoms with Gasteiger partial charge in [-0.3, -0.25) is 9.89 Å². The molecule has 0 radical (unpaired) electrons. The van der Waals surface area contributed by atoms with Crippen LogP contribution in [0.5, 0.6) is 0 Å². The van der Waals surface area contributed by atoms with Crippen molar-refractivity contribution < 1.29 is 18.6 Å². The molecule has 1 spiro atoms. The molecule has 0 aromatic carbocycles. The number of nitrogens with zero attached hydrogens (tertiary/aromatic N) is 2. The fourth-order valence-corrected chi connectivity index (χ4v) is 4.52. The van der Waals surface area contributed by atoms with Gasteiger partial charge in [-0.15, -0.1) is 0 Å².